The topological polar surface area (TPSA) is 46.5 Å². The molecular weight excluding hydrogens is 260 g/mol. The summed E-state index contributed by atoms with van der Waals surface area (Å²) in [5, 5.41) is 8.97. The minimum atomic E-state index is -0.708. The van der Waals surface area contributed by atoms with Gasteiger partial charge < -0.3 is 9.84 Å². The molecule has 0 radical (unpaired) electrons. The van der Waals surface area contributed by atoms with Gasteiger partial charge in [0, 0.05) is 11.2 Å². The lowest BCUT2D eigenvalue weighted by Crippen LogP contribution is -2.15. The smallest absolute Gasteiger partial charge is 0.304 e. The second-order valence-corrected chi connectivity index (χ2v) is 6.63. The second-order valence-electron chi connectivity index (χ2n) is 5.48. The second kappa shape index (κ2) is 5.08. The number of benzene rings is 1. The number of rotatable bonds is 5. The first-order valence-electron chi connectivity index (χ1n) is 6.75. The number of carbonyl (C=O) groups is 1. The molecule has 0 amide bonds. The third-order valence-electron chi connectivity index (χ3n) is 4.00. The highest BCUT2D eigenvalue weighted by Gasteiger charge is 2.45. The summed E-state index contributed by atoms with van der Waals surface area (Å²) < 4.78 is 5.91. The van der Waals surface area contributed by atoms with Crippen LogP contribution in [0.3, 0.4) is 0 Å². The first-order chi connectivity index (χ1) is 9.18. The maximum Gasteiger partial charge on any atom is 0.304 e. The van der Waals surface area contributed by atoms with E-state index in [4.69, 9.17) is 9.84 Å². The molecule has 1 atom stereocenters. The molecule has 1 aromatic rings. The predicted molar refractivity (Wildman–Crippen MR) is 76.0 cm³/mol. The Morgan fingerprint density at radius 3 is 2.63 bits per heavy atom. The summed E-state index contributed by atoms with van der Waals surface area (Å²) in [6.07, 6.45) is 3.67. The minimum absolute atomic E-state index is 0.104. The quantitative estimate of drug-likeness (QED) is 0.899. The summed E-state index contributed by atoms with van der Waals surface area (Å²) in [6, 6.07) is 8.04. The van der Waals surface area contributed by atoms with Gasteiger partial charge in [0.1, 0.15) is 11.9 Å². The van der Waals surface area contributed by atoms with E-state index >= 15 is 0 Å². The number of ether oxygens (including phenoxy) is 1. The Hall–Kier alpha value is -1.16. The molecule has 1 N–H and O–H groups in total. The number of hydrogen-bond acceptors (Lipinski definition) is 3. The van der Waals surface area contributed by atoms with Gasteiger partial charge in [-0.15, -0.1) is 0 Å². The minimum Gasteiger partial charge on any atom is -0.490 e. The van der Waals surface area contributed by atoms with Gasteiger partial charge in [0.05, 0.1) is 6.42 Å². The first kappa shape index (κ1) is 12.9. The number of carboxylic acid groups (broad SMARTS) is 1. The van der Waals surface area contributed by atoms with Crippen LogP contribution in [-0.2, 0) is 10.2 Å². The average Bonchev–Trinajstić information content (AvgIpc) is 2.97. The molecule has 1 saturated heterocycles. The summed E-state index contributed by atoms with van der Waals surface area (Å²) in [5.74, 6) is 2.46. The monoisotopic (exact) mass is 278 g/mol. The molecule has 1 heterocycles. The molecule has 1 aliphatic heterocycles. The molecule has 1 unspecified atom stereocenters. The van der Waals surface area contributed by atoms with Crippen LogP contribution in [0.1, 0.15) is 31.2 Å². The van der Waals surface area contributed by atoms with Crippen molar-refractivity contribution in [3.05, 3.63) is 29.8 Å². The van der Waals surface area contributed by atoms with Crippen molar-refractivity contribution in [2.45, 2.75) is 37.2 Å². The lowest BCUT2D eigenvalue weighted by molar-refractivity contribution is -0.137. The van der Waals surface area contributed by atoms with Crippen molar-refractivity contribution >= 4 is 17.7 Å². The number of thioether (sulfide) groups is 1. The number of hydrogen-bond donors (Lipinski definition) is 1. The zero-order chi connectivity index (χ0) is 13.3. The van der Waals surface area contributed by atoms with Crippen LogP contribution in [0, 0.1) is 0 Å². The molecule has 19 heavy (non-hydrogen) atoms. The highest BCUT2D eigenvalue weighted by Crippen LogP contribution is 2.51. The normalized spacial score (nSPS) is 24.1. The molecule has 0 spiro atoms. The van der Waals surface area contributed by atoms with E-state index in [1.165, 1.54) is 5.75 Å². The molecule has 1 aromatic carbocycles. The van der Waals surface area contributed by atoms with Crippen LogP contribution in [-0.4, -0.2) is 28.7 Å². The van der Waals surface area contributed by atoms with E-state index in [2.05, 4.69) is 0 Å². The molecule has 2 aliphatic rings. The van der Waals surface area contributed by atoms with Crippen molar-refractivity contribution in [3.63, 3.8) is 0 Å². The van der Waals surface area contributed by atoms with E-state index in [9.17, 15) is 4.79 Å². The van der Waals surface area contributed by atoms with E-state index in [0.29, 0.717) is 6.10 Å². The Bertz CT molecular complexity index is 459. The standard InChI is InChI=1S/C15H18O3S/c16-14(17)9-15(6-7-15)11-1-3-12(4-2-11)18-13-5-8-19-10-13/h1-4,13H,5-10H2,(H,16,17). The molecule has 4 heteroatoms. The van der Waals surface area contributed by atoms with Gasteiger partial charge >= 0.3 is 5.97 Å². The molecule has 0 aromatic heterocycles. The van der Waals surface area contributed by atoms with Crippen LogP contribution in [0.25, 0.3) is 0 Å². The molecule has 1 saturated carbocycles. The maximum atomic E-state index is 10.9. The zero-order valence-corrected chi connectivity index (χ0v) is 11.6. The van der Waals surface area contributed by atoms with Gasteiger partial charge in [-0.3, -0.25) is 4.79 Å². The highest BCUT2D eigenvalue weighted by atomic mass is 32.2. The predicted octanol–water partition coefficient (Wildman–Crippen LogP) is 3.08. The summed E-state index contributed by atoms with van der Waals surface area (Å²) in [7, 11) is 0. The Kier molecular flexibility index (Phi) is 3.44. The molecule has 3 nitrogen and oxygen atoms in total. The fourth-order valence-corrected chi connectivity index (χ4v) is 3.79. The van der Waals surface area contributed by atoms with Crippen molar-refractivity contribution in [2.75, 3.05) is 11.5 Å². The largest absolute Gasteiger partial charge is 0.490 e. The van der Waals surface area contributed by atoms with E-state index in [1.54, 1.807) is 0 Å². The van der Waals surface area contributed by atoms with Crippen LogP contribution >= 0.6 is 11.8 Å². The molecule has 3 rings (SSSR count). The van der Waals surface area contributed by atoms with Gasteiger partial charge in [0.15, 0.2) is 0 Å². The third-order valence-corrected chi connectivity index (χ3v) is 5.13. The SMILES string of the molecule is O=C(O)CC1(c2ccc(OC3CCSC3)cc2)CC1. The molecule has 2 fully saturated rings. The van der Waals surface area contributed by atoms with Crippen LogP contribution in [0.15, 0.2) is 24.3 Å². The fourth-order valence-electron chi connectivity index (χ4n) is 2.69. The van der Waals surface area contributed by atoms with Crippen LogP contribution in [0.2, 0.25) is 0 Å². The Labute approximate surface area is 117 Å². The fraction of sp³-hybridized carbons (Fsp3) is 0.533. The van der Waals surface area contributed by atoms with E-state index in [-0.39, 0.29) is 11.8 Å². The first-order valence-corrected chi connectivity index (χ1v) is 7.90. The average molecular weight is 278 g/mol. The molecule has 102 valence electrons. The number of carboxylic acids is 1. The Morgan fingerprint density at radius 1 is 1.37 bits per heavy atom. The lowest BCUT2D eigenvalue weighted by atomic mass is 9.92. The van der Waals surface area contributed by atoms with Crippen LogP contribution < -0.4 is 4.74 Å². The van der Waals surface area contributed by atoms with Crippen LogP contribution in [0.4, 0.5) is 0 Å². The highest BCUT2D eigenvalue weighted by molar-refractivity contribution is 7.99. The third kappa shape index (κ3) is 2.89. The van der Waals surface area contributed by atoms with Crippen molar-refractivity contribution < 1.29 is 14.6 Å². The molecular formula is C15H18O3S. The Morgan fingerprint density at radius 2 is 2.11 bits per heavy atom. The van der Waals surface area contributed by atoms with Crippen molar-refractivity contribution in [3.8, 4) is 5.75 Å². The lowest BCUT2D eigenvalue weighted by Gasteiger charge is -2.16. The van der Waals surface area contributed by atoms with E-state index < -0.39 is 5.97 Å². The van der Waals surface area contributed by atoms with E-state index in [1.807, 2.05) is 36.0 Å². The molecule has 1 aliphatic carbocycles. The maximum absolute atomic E-state index is 10.9. The summed E-state index contributed by atoms with van der Waals surface area (Å²) in [6.45, 7) is 0. The summed E-state index contributed by atoms with van der Waals surface area (Å²) >= 11 is 1.94. The van der Waals surface area contributed by atoms with Gasteiger partial charge in [-0.2, -0.15) is 11.8 Å². The Balaban J connectivity index is 1.67. The van der Waals surface area contributed by atoms with Crippen LogP contribution in [0.5, 0.6) is 5.75 Å². The van der Waals surface area contributed by atoms with Gasteiger partial charge in [-0.1, -0.05) is 12.1 Å². The zero-order valence-electron chi connectivity index (χ0n) is 10.8. The van der Waals surface area contributed by atoms with Gasteiger partial charge in [0.2, 0.25) is 0 Å². The summed E-state index contributed by atoms with van der Waals surface area (Å²) in [5.41, 5.74) is 1.04. The van der Waals surface area contributed by atoms with Gasteiger partial charge in [-0.05, 0) is 42.7 Å². The van der Waals surface area contributed by atoms with E-state index in [0.717, 1.165) is 36.3 Å². The van der Waals surface area contributed by atoms with Gasteiger partial charge in [0.25, 0.3) is 0 Å². The van der Waals surface area contributed by atoms with Crippen molar-refractivity contribution in [1.29, 1.82) is 0 Å². The van der Waals surface area contributed by atoms with Crippen molar-refractivity contribution in [1.82, 2.24) is 0 Å². The molecule has 0 bridgehead atoms. The van der Waals surface area contributed by atoms with Gasteiger partial charge in [-0.25, -0.2) is 0 Å². The number of aliphatic carboxylic acids is 1. The summed E-state index contributed by atoms with van der Waals surface area (Å²) in [4.78, 5) is 10.9. The van der Waals surface area contributed by atoms with Crippen molar-refractivity contribution in [2.24, 2.45) is 0 Å².